The van der Waals surface area contributed by atoms with E-state index in [-0.39, 0.29) is 6.03 Å². The molecule has 2 aromatic carbocycles. The molecular weight excluding hydrogens is 298 g/mol. The van der Waals surface area contributed by atoms with Gasteiger partial charge < -0.3 is 15.5 Å². The summed E-state index contributed by atoms with van der Waals surface area (Å²) in [7, 11) is 0. The number of nitrogens with one attached hydrogen (secondary N) is 2. The zero-order chi connectivity index (χ0) is 17.5. The number of hydrogen-bond donors (Lipinski definition) is 2. The molecule has 0 spiro atoms. The van der Waals surface area contributed by atoms with Crippen LogP contribution in [0, 0.1) is 0 Å². The lowest BCUT2D eigenvalue weighted by atomic mass is 10.0. The maximum atomic E-state index is 12.3. The van der Waals surface area contributed by atoms with E-state index >= 15 is 0 Å². The fourth-order valence-electron chi connectivity index (χ4n) is 2.74. The number of benzene rings is 2. The van der Waals surface area contributed by atoms with Crippen LogP contribution >= 0.6 is 0 Å². The van der Waals surface area contributed by atoms with E-state index < -0.39 is 0 Å². The molecule has 2 aromatic rings. The van der Waals surface area contributed by atoms with E-state index in [9.17, 15) is 4.79 Å². The van der Waals surface area contributed by atoms with Crippen LogP contribution < -0.4 is 15.5 Å². The molecule has 0 bridgehead atoms. The number of rotatable bonds is 6. The Hall–Kier alpha value is -2.49. The summed E-state index contributed by atoms with van der Waals surface area (Å²) in [5.41, 5.74) is 3.93. The molecule has 0 aliphatic heterocycles. The largest absolute Gasteiger partial charge is 0.372 e. The van der Waals surface area contributed by atoms with Crippen molar-refractivity contribution in [2.45, 2.75) is 33.6 Å². The van der Waals surface area contributed by atoms with Crippen LogP contribution in [0.5, 0.6) is 0 Å². The molecule has 0 heterocycles. The minimum Gasteiger partial charge on any atom is -0.372 e. The first-order valence-corrected chi connectivity index (χ1v) is 8.57. The van der Waals surface area contributed by atoms with E-state index in [1.54, 1.807) is 0 Å². The number of carbonyl (C=O) groups excluding carboxylic acids is 1. The van der Waals surface area contributed by atoms with Crippen molar-refractivity contribution in [3.05, 3.63) is 54.1 Å². The van der Waals surface area contributed by atoms with Gasteiger partial charge in [-0.05, 0) is 55.7 Å². The van der Waals surface area contributed by atoms with Gasteiger partial charge in [-0.1, -0.05) is 32.0 Å². The van der Waals surface area contributed by atoms with Crippen LogP contribution in [-0.2, 0) is 0 Å². The third-order valence-electron chi connectivity index (χ3n) is 4.08. The Morgan fingerprint density at radius 3 is 2.17 bits per heavy atom. The highest BCUT2D eigenvalue weighted by Crippen LogP contribution is 2.24. The van der Waals surface area contributed by atoms with Crippen LogP contribution in [0.25, 0.3) is 0 Å². The molecule has 0 radical (unpaired) electrons. The quantitative estimate of drug-likeness (QED) is 0.757. The molecule has 0 saturated carbocycles. The second-order valence-electron chi connectivity index (χ2n) is 6.04. The van der Waals surface area contributed by atoms with Crippen molar-refractivity contribution in [2.75, 3.05) is 28.6 Å². The van der Waals surface area contributed by atoms with Crippen molar-refractivity contribution in [1.29, 1.82) is 0 Å². The molecular formula is C20H27N3O. The van der Waals surface area contributed by atoms with Crippen molar-refractivity contribution >= 4 is 23.1 Å². The van der Waals surface area contributed by atoms with E-state index in [0.29, 0.717) is 5.92 Å². The second-order valence-corrected chi connectivity index (χ2v) is 6.04. The number of carbonyl (C=O) groups is 1. The van der Waals surface area contributed by atoms with Crippen molar-refractivity contribution in [3.8, 4) is 0 Å². The molecule has 0 fully saturated rings. The standard InChI is InChI=1S/C20H27N3O/c1-5-23(6-2)17-13-11-16(12-14-17)21-20(24)22-19-10-8-7-9-18(19)15(3)4/h7-15H,5-6H2,1-4H3,(H2,21,22,24). The first-order chi connectivity index (χ1) is 11.5. The number of anilines is 3. The molecule has 2 N–H and O–H groups in total. The Morgan fingerprint density at radius 2 is 1.58 bits per heavy atom. The molecule has 2 rings (SSSR count). The maximum absolute atomic E-state index is 12.3. The zero-order valence-corrected chi connectivity index (χ0v) is 15.0. The zero-order valence-electron chi connectivity index (χ0n) is 15.0. The number of urea groups is 1. The van der Waals surface area contributed by atoms with Gasteiger partial charge in [-0.2, -0.15) is 0 Å². The Kier molecular flexibility index (Phi) is 6.24. The minimum atomic E-state index is -0.223. The molecule has 0 atom stereocenters. The predicted octanol–water partition coefficient (Wildman–Crippen LogP) is 5.30. The van der Waals surface area contributed by atoms with E-state index in [1.807, 2.05) is 48.5 Å². The highest BCUT2D eigenvalue weighted by molar-refractivity contribution is 6.00. The summed E-state index contributed by atoms with van der Waals surface area (Å²) < 4.78 is 0. The summed E-state index contributed by atoms with van der Waals surface area (Å²) in [6.45, 7) is 10.4. The molecule has 4 heteroatoms. The molecule has 128 valence electrons. The van der Waals surface area contributed by atoms with Gasteiger partial charge in [0, 0.05) is 30.2 Å². The van der Waals surface area contributed by atoms with E-state index in [0.717, 1.165) is 35.7 Å². The van der Waals surface area contributed by atoms with Crippen LogP contribution in [0.15, 0.2) is 48.5 Å². The Bertz CT molecular complexity index is 661. The van der Waals surface area contributed by atoms with Gasteiger partial charge in [-0.25, -0.2) is 4.79 Å². The number of para-hydroxylation sites is 1. The van der Waals surface area contributed by atoms with Crippen molar-refractivity contribution in [3.63, 3.8) is 0 Å². The SMILES string of the molecule is CCN(CC)c1ccc(NC(=O)Nc2ccccc2C(C)C)cc1. The Labute approximate surface area is 144 Å². The first-order valence-electron chi connectivity index (χ1n) is 8.57. The highest BCUT2D eigenvalue weighted by Gasteiger charge is 2.09. The predicted molar refractivity (Wildman–Crippen MR) is 103 cm³/mol. The van der Waals surface area contributed by atoms with Gasteiger partial charge in [-0.3, -0.25) is 0 Å². The summed E-state index contributed by atoms with van der Waals surface area (Å²) in [4.78, 5) is 14.5. The Morgan fingerprint density at radius 1 is 0.958 bits per heavy atom. The second kappa shape index (κ2) is 8.39. The van der Waals surface area contributed by atoms with Gasteiger partial charge in [-0.15, -0.1) is 0 Å². The number of nitrogens with zero attached hydrogens (tertiary/aromatic N) is 1. The molecule has 24 heavy (non-hydrogen) atoms. The van der Waals surface area contributed by atoms with Crippen LogP contribution in [0.3, 0.4) is 0 Å². The summed E-state index contributed by atoms with van der Waals surface area (Å²) in [6.07, 6.45) is 0. The number of amides is 2. The maximum Gasteiger partial charge on any atom is 0.323 e. The fourth-order valence-corrected chi connectivity index (χ4v) is 2.74. The lowest BCUT2D eigenvalue weighted by Gasteiger charge is -2.21. The van der Waals surface area contributed by atoms with Crippen LogP contribution in [0.4, 0.5) is 21.9 Å². The topological polar surface area (TPSA) is 44.4 Å². The normalized spacial score (nSPS) is 10.5. The smallest absolute Gasteiger partial charge is 0.323 e. The van der Waals surface area contributed by atoms with Crippen molar-refractivity contribution in [2.24, 2.45) is 0 Å². The third-order valence-corrected chi connectivity index (χ3v) is 4.08. The van der Waals surface area contributed by atoms with Gasteiger partial charge in [0.2, 0.25) is 0 Å². The molecule has 0 aliphatic carbocycles. The average molecular weight is 325 g/mol. The lowest BCUT2D eigenvalue weighted by molar-refractivity contribution is 0.262. The lowest BCUT2D eigenvalue weighted by Crippen LogP contribution is -2.22. The summed E-state index contributed by atoms with van der Waals surface area (Å²) >= 11 is 0. The summed E-state index contributed by atoms with van der Waals surface area (Å²) in [6, 6.07) is 15.6. The van der Waals surface area contributed by atoms with Crippen molar-refractivity contribution < 1.29 is 4.79 Å². The first kappa shape index (κ1) is 17.9. The van der Waals surface area contributed by atoms with Gasteiger partial charge in [0.25, 0.3) is 0 Å². The average Bonchev–Trinajstić information content (AvgIpc) is 2.57. The van der Waals surface area contributed by atoms with Gasteiger partial charge in [0.1, 0.15) is 0 Å². The van der Waals surface area contributed by atoms with Crippen molar-refractivity contribution in [1.82, 2.24) is 0 Å². The van der Waals surface area contributed by atoms with Crippen LogP contribution in [0.1, 0.15) is 39.2 Å². The molecule has 2 amide bonds. The van der Waals surface area contributed by atoms with E-state index in [4.69, 9.17) is 0 Å². The minimum absolute atomic E-state index is 0.223. The molecule has 0 aromatic heterocycles. The van der Waals surface area contributed by atoms with Gasteiger partial charge in [0.05, 0.1) is 0 Å². The van der Waals surface area contributed by atoms with Crippen LogP contribution in [-0.4, -0.2) is 19.1 Å². The fraction of sp³-hybridized carbons (Fsp3) is 0.350. The number of hydrogen-bond acceptors (Lipinski definition) is 2. The third kappa shape index (κ3) is 4.51. The summed E-state index contributed by atoms with van der Waals surface area (Å²) in [5, 5.41) is 5.83. The monoisotopic (exact) mass is 325 g/mol. The van der Waals surface area contributed by atoms with E-state index in [1.165, 1.54) is 0 Å². The molecule has 0 unspecified atom stereocenters. The molecule has 0 aliphatic rings. The molecule has 4 nitrogen and oxygen atoms in total. The van der Waals surface area contributed by atoms with Crippen LogP contribution in [0.2, 0.25) is 0 Å². The Balaban J connectivity index is 2.03. The summed E-state index contributed by atoms with van der Waals surface area (Å²) in [5.74, 6) is 0.356. The molecule has 0 saturated heterocycles. The highest BCUT2D eigenvalue weighted by atomic mass is 16.2. The van der Waals surface area contributed by atoms with Gasteiger partial charge in [0.15, 0.2) is 0 Å². The van der Waals surface area contributed by atoms with Gasteiger partial charge >= 0.3 is 6.03 Å². The van der Waals surface area contributed by atoms with E-state index in [2.05, 4.69) is 43.2 Å².